The maximum atomic E-state index is 12.9. The number of ether oxygens (including phenoxy) is 1. The van der Waals surface area contributed by atoms with Gasteiger partial charge in [-0.15, -0.1) is 0 Å². The second-order valence-electron chi connectivity index (χ2n) is 6.37. The van der Waals surface area contributed by atoms with Crippen LogP contribution in [0.5, 0.6) is 5.75 Å². The first-order valence-corrected chi connectivity index (χ1v) is 8.47. The minimum absolute atomic E-state index is 0.110. The van der Waals surface area contributed by atoms with Crippen molar-refractivity contribution in [1.82, 2.24) is 4.90 Å². The fourth-order valence-corrected chi connectivity index (χ4v) is 2.99. The summed E-state index contributed by atoms with van der Waals surface area (Å²) < 4.78 is 5.18. The Balaban J connectivity index is 1.78. The molecule has 0 radical (unpaired) electrons. The normalized spacial score (nSPS) is 15.2. The molecule has 3 rings (SSSR count). The van der Waals surface area contributed by atoms with Gasteiger partial charge < -0.3 is 15.0 Å². The number of methoxy groups -OCH3 is 1. The summed E-state index contributed by atoms with van der Waals surface area (Å²) in [5.41, 5.74) is 2.50. The predicted molar refractivity (Wildman–Crippen MR) is 97.0 cm³/mol. The summed E-state index contributed by atoms with van der Waals surface area (Å²) in [4.78, 5) is 14.9. The Labute approximate surface area is 143 Å². The number of amides is 1. The summed E-state index contributed by atoms with van der Waals surface area (Å²) in [7, 11) is 1.65. The summed E-state index contributed by atoms with van der Waals surface area (Å²) in [5.74, 6) is 1.63. The number of hydrogen-bond donors (Lipinski definition) is 1. The zero-order chi connectivity index (χ0) is 16.9. The quantitative estimate of drug-likeness (QED) is 0.911. The lowest BCUT2D eigenvalue weighted by Crippen LogP contribution is -2.38. The Bertz CT molecular complexity index is 689. The number of para-hydroxylation sites is 1. The zero-order valence-electron chi connectivity index (χ0n) is 14.3. The van der Waals surface area contributed by atoms with Gasteiger partial charge in [0.2, 0.25) is 0 Å². The lowest BCUT2D eigenvalue weighted by molar-refractivity contribution is 0.0698. The van der Waals surface area contributed by atoms with E-state index in [0.717, 1.165) is 48.6 Å². The van der Waals surface area contributed by atoms with Gasteiger partial charge in [-0.3, -0.25) is 4.79 Å². The van der Waals surface area contributed by atoms with E-state index in [4.69, 9.17) is 4.74 Å². The molecule has 0 aliphatic carbocycles. The van der Waals surface area contributed by atoms with Crippen LogP contribution in [0, 0.1) is 5.92 Å². The highest BCUT2D eigenvalue weighted by Gasteiger charge is 2.23. The molecule has 1 aliphatic rings. The molecule has 24 heavy (non-hydrogen) atoms. The van der Waals surface area contributed by atoms with Gasteiger partial charge in [-0.2, -0.15) is 0 Å². The van der Waals surface area contributed by atoms with Gasteiger partial charge in [0.1, 0.15) is 5.75 Å². The predicted octanol–water partition coefficient (Wildman–Crippen LogP) is 4.31. The van der Waals surface area contributed by atoms with E-state index in [0.29, 0.717) is 5.92 Å². The molecule has 0 bridgehead atoms. The molecule has 0 unspecified atom stereocenters. The SMILES string of the molecule is COc1ccc(Nc2ccccc2C(=O)N2CCC(C)CC2)cc1. The standard InChI is InChI=1S/C20H24N2O2/c1-15-11-13-22(14-12-15)20(23)18-5-3-4-6-19(18)21-16-7-9-17(24-2)10-8-16/h3-10,15,21H,11-14H2,1-2H3. The van der Waals surface area contributed by atoms with Crippen molar-refractivity contribution in [3.63, 3.8) is 0 Å². The van der Waals surface area contributed by atoms with E-state index in [1.165, 1.54) is 0 Å². The molecule has 2 aromatic rings. The van der Waals surface area contributed by atoms with Crippen LogP contribution in [0.4, 0.5) is 11.4 Å². The molecule has 4 heteroatoms. The molecule has 0 spiro atoms. The lowest BCUT2D eigenvalue weighted by Gasteiger charge is -2.31. The first kappa shape index (κ1) is 16.4. The van der Waals surface area contributed by atoms with Crippen LogP contribution < -0.4 is 10.1 Å². The number of benzene rings is 2. The molecule has 0 atom stereocenters. The van der Waals surface area contributed by atoms with Crippen molar-refractivity contribution in [2.45, 2.75) is 19.8 Å². The van der Waals surface area contributed by atoms with E-state index in [1.54, 1.807) is 7.11 Å². The van der Waals surface area contributed by atoms with Crippen LogP contribution >= 0.6 is 0 Å². The number of likely N-dealkylation sites (tertiary alicyclic amines) is 1. The number of rotatable bonds is 4. The van der Waals surface area contributed by atoms with Crippen LogP contribution in [-0.2, 0) is 0 Å². The smallest absolute Gasteiger partial charge is 0.255 e. The maximum absolute atomic E-state index is 12.9. The third-order valence-corrected chi connectivity index (χ3v) is 4.60. The average Bonchev–Trinajstić information content (AvgIpc) is 2.63. The van der Waals surface area contributed by atoms with Gasteiger partial charge in [0.05, 0.1) is 18.4 Å². The van der Waals surface area contributed by atoms with Crippen LogP contribution in [0.1, 0.15) is 30.1 Å². The minimum Gasteiger partial charge on any atom is -0.497 e. The Morgan fingerprint density at radius 2 is 1.75 bits per heavy atom. The third kappa shape index (κ3) is 3.70. The van der Waals surface area contributed by atoms with Crippen molar-refractivity contribution in [1.29, 1.82) is 0 Å². The van der Waals surface area contributed by atoms with E-state index < -0.39 is 0 Å². The van der Waals surface area contributed by atoms with Crippen molar-refractivity contribution in [3.05, 3.63) is 54.1 Å². The Morgan fingerprint density at radius 1 is 1.08 bits per heavy atom. The van der Waals surface area contributed by atoms with Gasteiger partial charge >= 0.3 is 0 Å². The first-order valence-electron chi connectivity index (χ1n) is 8.47. The van der Waals surface area contributed by atoms with Crippen LogP contribution in [0.15, 0.2) is 48.5 Å². The summed E-state index contributed by atoms with van der Waals surface area (Å²) in [6.45, 7) is 3.94. The highest BCUT2D eigenvalue weighted by atomic mass is 16.5. The average molecular weight is 324 g/mol. The number of piperidine rings is 1. The fourth-order valence-electron chi connectivity index (χ4n) is 2.99. The van der Waals surface area contributed by atoms with Crippen molar-refractivity contribution in [2.75, 3.05) is 25.5 Å². The van der Waals surface area contributed by atoms with Crippen molar-refractivity contribution >= 4 is 17.3 Å². The van der Waals surface area contributed by atoms with E-state index in [1.807, 2.05) is 53.4 Å². The number of anilines is 2. The second kappa shape index (κ2) is 7.39. The monoisotopic (exact) mass is 324 g/mol. The van der Waals surface area contributed by atoms with Crippen LogP contribution in [-0.4, -0.2) is 31.0 Å². The molecule has 1 amide bonds. The number of nitrogens with zero attached hydrogens (tertiary/aromatic N) is 1. The molecule has 126 valence electrons. The largest absolute Gasteiger partial charge is 0.497 e. The molecular weight excluding hydrogens is 300 g/mol. The minimum atomic E-state index is 0.110. The van der Waals surface area contributed by atoms with Gasteiger partial charge in [0.25, 0.3) is 5.91 Å². The molecule has 1 fully saturated rings. The Hall–Kier alpha value is -2.49. The molecule has 2 aromatic carbocycles. The molecule has 0 saturated carbocycles. The Kier molecular flexibility index (Phi) is 5.04. The second-order valence-corrected chi connectivity index (χ2v) is 6.37. The van der Waals surface area contributed by atoms with E-state index in [-0.39, 0.29) is 5.91 Å². The molecule has 1 saturated heterocycles. The zero-order valence-corrected chi connectivity index (χ0v) is 14.3. The summed E-state index contributed by atoms with van der Waals surface area (Å²) >= 11 is 0. The van der Waals surface area contributed by atoms with Crippen molar-refractivity contribution < 1.29 is 9.53 Å². The topological polar surface area (TPSA) is 41.6 Å². The summed E-state index contributed by atoms with van der Waals surface area (Å²) in [6, 6.07) is 15.4. The molecule has 0 aromatic heterocycles. The highest BCUT2D eigenvalue weighted by Crippen LogP contribution is 2.25. The van der Waals surface area contributed by atoms with Crippen molar-refractivity contribution in [2.24, 2.45) is 5.92 Å². The molecule has 1 aliphatic heterocycles. The molecule has 1 N–H and O–H groups in total. The van der Waals surface area contributed by atoms with Gasteiger partial charge in [0.15, 0.2) is 0 Å². The number of carbonyl (C=O) groups is 1. The van der Waals surface area contributed by atoms with Crippen LogP contribution in [0.2, 0.25) is 0 Å². The number of nitrogens with one attached hydrogen (secondary N) is 1. The number of carbonyl (C=O) groups excluding carboxylic acids is 1. The first-order chi connectivity index (χ1) is 11.7. The molecule has 1 heterocycles. The maximum Gasteiger partial charge on any atom is 0.255 e. The Morgan fingerprint density at radius 3 is 2.42 bits per heavy atom. The summed E-state index contributed by atoms with van der Waals surface area (Å²) in [6.07, 6.45) is 2.17. The molecular formula is C20H24N2O2. The van der Waals surface area contributed by atoms with Crippen LogP contribution in [0.25, 0.3) is 0 Å². The van der Waals surface area contributed by atoms with E-state index in [9.17, 15) is 4.79 Å². The van der Waals surface area contributed by atoms with Gasteiger partial charge in [-0.1, -0.05) is 19.1 Å². The van der Waals surface area contributed by atoms with Crippen LogP contribution in [0.3, 0.4) is 0 Å². The highest BCUT2D eigenvalue weighted by molar-refractivity contribution is 6.00. The number of hydrogen-bond acceptors (Lipinski definition) is 3. The lowest BCUT2D eigenvalue weighted by atomic mass is 9.98. The van der Waals surface area contributed by atoms with Gasteiger partial charge in [0, 0.05) is 18.8 Å². The molecule has 4 nitrogen and oxygen atoms in total. The van der Waals surface area contributed by atoms with Gasteiger partial charge in [-0.05, 0) is 55.2 Å². The third-order valence-electron chi connectivity index (χ3n) is 4.60. The van der Waals surface area contributed by atoms with E-state index in [2.05, 4.69) is 12.2 Å². The summed E-state index contributed by atoms with van der Waals surface area (Å²) in [5, 5.41) is 3.35. The van der Waals surface area contributed by atoms with Crippen molar-refractivity contribution in [3.8, 4) is 5.75 Å². The van der Waals surface area contributed by atoms with E-state index >= 15 is 0 Å². The fraction of sp³-hybridized carbons (Fsp3) is 0.350. The van der Waals surface area contributed by atoms with Gasteiger partial charge in [-0.25, -0.2) is 0 Å².